The minimum absolute atomic E-state index is 0.0488. The lowest BCUT2D eigenvalue weighted by atomic mass is 9.69. The van der Waals surface area contributed by atoms with Crippen LogP contribution in [0.4, 0.5) is 0 Å². The molecule has 3 aliphatic rings. The number of fused-ring (bicyclic) bond motifs is 1. The van der Waals surface area contributed by atoms with E-state index in [2.05, 4.69) is 52.6 Å². The molecule has 0 spiro atoms. The Morgan fingerprint density at radius 1 is 0.929 bits per heavy atom. The van der Waals surface area contributed by atoms with Gasteiger partial charge in [0, 0.05) is 29.5 Å². The molecular weight excluding hydrogens is 350 g/mol. The third-order valence-electron chi connectivity index (χ3n) is 6.28. The van der Waals surface area contributed by atoms with Crippen LogP contribution >= 0.6 is 0 Å². The summed E-state index contributed by atoms with van der Waals surface area (Å²) in [6.45, 7) is 0. The third kappa shape index (κ3) is 2.82. The Bertz CT molecular complexity index is 907. The Morgan fingerprint density at radius 3 is 2.46 bits per heavy atom. The Balaban J connectivity index is 1.63. The van der Waals surface area contributed by atoms with Gasteiger partial charge < -0.3 is 10.1 Å². The molecule has 0 aromatic heterocycles. The molecule has 3 N–H and O–H groups in total. The average molecular weight is 375 g/mol. The first-order chi connectivity index (χ1) is 13.8. The van der Waals surface area contributed by atoms with Crippen LogP contribution in [0.25, 0.3) is 0 Å². The summed E-state index contributed by atoms with van der Waals surface area (Å²) in [5, 5.41) is 3.63. The summed E-state index contributed by atoms with van der Waals surface area (Å²) < 4.78 is 5.35. The molecule has 5 rings (SSSR count). The number of carbonyl (C=O) groups excluding carboxylic acids is 1. The molecule has 2 aliphatic heterocycles. The van der Waals surface area contributed by atoms with Crippen molar-refractivity contribution in [3.8, 4) is 5.75 Å². The van der Waals surface area contributed by atoms with E-state index in [9.17, 15) is 4.79 Å². The average Bonchev–Trinajstić information content (AvgIpc) is 3.17. The lowest BCUT2D eigenvalue weighted by Gasteiger charge is -2.41. The minimum atomic E-state index is 0.0488. The van der Waals surface area contributed by atoms with Crippen molar-refractivity contribution < 1.29 is 9.53 Å². The number of rotatable bonds is 3. The summed E-state index contributed by atoms with van der Waals surface area (Å²) in [4.78, 5) is 13.0. The van der Waals surface area contributed by atoms with E-state index < -0.39 is 0 Å². The number of Topliss-reactive ketones (excluding diaryl/α,β-unsaturated/α-hetero) is 1. The van der Waals surface area contributed by atoms with Gasteiger partial charge in [-0.3, -0.25) is 4.79 Å². The first kappa shape index (κ1) is 17.5. The number of hydrogen-bond acceptors (Lipinski definition) is 5. The van der Waals surface area contributed by atoms with Gasteiger partial charge in [-0.25, -0.2) is 10.9 Å². The van der Waals surface area contributed by atoms with Gasteiger partial charge in [-0.15, -0.1) is 0 Å². The van der Waals surface area contributed by atoms with Gasteiger partial charge in [0.05, 0.1) is 19.3 Å². The highest BCUT2D eigenvalue weighted by atomic mass is 16.5. The highest BCUT2D eigenvalue weighted by molar-refractivity contribution is 5.98. The van der Waals surface area contributed by atoms with E-state index in [1.165, 1.54) is 11.1 Å². The number of hydrazine groups is 1. The van der Waals surface area contributed by atoms with Crippen LogP contribution in [0.2, 0.25) is 0 Å². The van der Waals surface area contributed by atoms with E-state index in [0.29, 0.717) is 6.42 Å². The van der Waals surface area contributed by atoms with Crippen molar-refractivity contribution in [2.45, 2.75) is 37.4 Å². The molecule has 1 fully saturated rings. The van der Waals surface area contributed by atoms with Crippen LogP contribution in [-0.2, 0) is 4.79 Å². The molecule has 1 saturated heterocycles. The monoisotopic (exact) mass is 375 g/mol. The number of ketones is 1. The maximum absolute atomic E-state index is 13.0. The Labute approximate surface area is 165 Å². The number of carbonyl (C=O) groups is 1. The number of hydrogen-bond donors (Lipinski definition) is 3. The zero-order chi connectivity index (χ0) is 19.1. The van der Waals surface area contributed by atoms with Crippen LogP contribution in [0.1, 0.15) is 42.3 Å². The van der Waals surface area contributed by atoms with Crippen LogP contribution in [0.3, 0.4) is 0 Å². The van der Waals surface area contributed by atoms with E-state index in [1.807, 2.05) is 18.2 Å². The second-order valence-electron chi connectivity index (χ2n) is 7.80. The van der Waals surface area contributed by atoms with Gasteiger partial charge in [0.1, 0.15) is 5.75 Å². The van der Waals surface area contributed by atoms with E-state index in [4.69, 9.17) is 4.74 Å². The normalized spacial score (nSPS) is 29.1. The first-order valence-corrected chi connectivity index (χ1v) is 9.99. The number of benzene rings is 2. The molecule has 28 heavy (non-hydrogen) atoms. The molecular formula is C23H25N3O2. The quantitative estimate of drug-likeness (QED) is 0.769. The summed E-state index contributed by atoms with van der Waals surface area (Å²) in [6.07, 6.45) is 2.59. The molecule has 0 bridgehead atoms. The van der Waals surface area contributed by atoms with Gasteiger partial charge in [0.15, 0.2) is 5.78 Å². The van der Waals surface area contributed by atoms with E-state index >= 15 is 0 Å². The maximum atomic E-state index is 13.0. The Morgan fingerprint density at radius 2 is 1.71 bits per heavy atom. The van der Waals surface area contributed by atoms with Crippen molar-refractivity contribution in [2.24, 2.45) is 5.92 Å². The standard InChI is InChI=1S/C23H25N3O2/c1-28-16-12-10-14(11-13-16)19-20-17(8-5-9-18(20)27)24-23-21(19)22(25-26-23)15-6-3-2-4-7-15/h2-4,6-7,10-13,19,21-26H,5,8-9H2,1H3. The fourth-order valence-corrected chi connectivity index (χ4v) is 5.00. The topological polar surface area (TPSA) is 62.4 Å². The summed E-state index contributed by atoms with van der Waals surface area (Å²) in [5.41, 5.74) is 11.4. The summed E-state index contributed by atoms with van der Waals surface area (Å²) >= 11 is 0. The van der Waals surface area contributed by atoms with Gasteiger partial charge in [0.25, 0.3) is 0 Å². The number of methoxy groups -OCH3 is 1. The van der Waals surface area contributed by atoms with E-state index in [-0.39, 0.29) is 29.8 Å². The first-order valence-electron chi connectivity index (χ1n) is 9.99. The third-order valence-corrected chi connectivity index (χ3v) is 6.28. The van der Waals surface area contributed by atoms with Crippen LogP contribution < -0.4 is 20.9 Å². The molecule has 1 aliphatic carbocycles. The molecule has 5 nitrogen and oxygen atoms in total. The van der Waals surface area contributed by atoms with Crippen molar-refractivity contribution >= 4 is 5.78 Å². The van der Waals surface area contributed by atoms with Gasteiger partial charge in [-0.05, 0) is 36.1 Å². The molecule has 0 radical (unpaired) electrons. The predicted molar refractivity (Wildman–Crippen MR) is 107 cm³/mol. The van der Waals surface area contributed by atoms with Crippen LogP contribution in [0, 0.1) is 5.92 Å². The zero-order valence-corrected chi connectivity index (χ0v) is 15.9. The van der Waals surface area contributed by atoms with Crippen molar-refractivity contribution in [3.05, 3.63) is 77.0 Å². The fourth-order valence-electron chi connectivity index (χ4n) is 5.00. The van der Waals surface area contributed by atoms with Crippen molar-refractivity contribution in [3.63, 3.8) is 0 Å². The molecule has 2 aromatic rings. The fraction of sp³-hybridized carbons (Fsp3) is 0.348. The lowest BCUT2D eigenvalue weighted by Crippen LogP contribution is -2.50. The molecule has 5 heteroatoms. The van der Waals surface area contributed by atoms with Gasteiger partial charge >= 0.3 is 0 Å². The van der Waals surface area contributed by atoms with Crippen LogP contribution in [0.5, 0.6) is 5.75 Å². The van der Waals surface area contributed by atoms with Gasteiger partial charge in [0.2, 0.25) is 0 Å². The molecule has 4 unspecified atom stereocenters. The van der Waals surface area contributed by atoms with Crippen molar-refractivity contribution in [1.29, 1.82) is 0 Å². The van der Waals surface area contributed by atoms with Crippen LogP contribution in [0.15, 0.2) is 65.9 Å². The van der Waals surface area contributed by atoms with E-state index in [1.54, 1.807) is 7.11 Å². The summed E-state index contributed by atoms with van der Waals surface area (Å²) in [5.74, 6) is 1.36. The number of ether oxygens (including phenoxy) is 1. The largest absolute Gasteiger partial charge is 0.497 e. The second-order valence-corrected chi connectivity index (χ2v) is 7.80. The molecule has 2 heterocycles. The lowest BCUT2D eigenvalue weighted by molar-refractivity contribution is -0.116. The Kier molecular flexibility index (Phi) is 4.41. The van der Waals surface area contributed by atoms with Crippen molar-refractivity contribution in [2.75, 3.05) is 7.11 Å². The van der Waals surface area contributed by atoms with E-state index in [0.717, 1.165) is 29.9 Å². The summed E-state index contributed by atoms with van der Waals surface area (Å²) in [7, 11) is 1.68. The number of allylic oxidation sites excluding steroid dienone is 2. The van der Waals surface area contributed by atoms with Crippen molar-refractivity contribution in [1.82, 2.24) is 16.2 Å². The smallest absolute Gasteiger partial charge is 0.161 e. The molecule has 0 saturated carbocycles. The zero-order valence-electron chi connectivity index (χ0n) is 15.9. The predicted octanol–water partition coefficient (Wildman–Crippen LogP) is 3.18. The minimum Gasteiger partial charge on any atom is -0.497 e. The molecule has 144 valence electrons. The highest BCUT2D eigenvalue weighted by Gasteiger charge is 2.49. The van der Waals surface area contributed by atoms with Gasteiger partial charge in [-0.1, -0.05) is 42.5 Å². The molecule has 4 atom stereocenters. The number of nitrogens with one attached hydrogen (secondary N) is 3. The summed E-state index contributed by atoms with van der Waals surface area (Å²) in [6, 6.07) is 18.8. The molecule has 2 aromatic carbocycles. The highest BCUT2D eigenvalue weighted by Crippen LogP contribution is 2.48. The maximum Gasteiger partial charge on any atom is 0.161 e. The second kappa shape index (κ2) is 7.08. The molecule has 0 amide bonds. The van der Waals surface area contributed by atoms with Gasteiger partial charge in [-0.2, -0.15) is 0 Å². The Hall–Kier alpha value is -2.63. The van der Waals surface area contributed by atoms with Crippen LogP contribution in [-0.4, -0.2) is 19.1 Å². The SMILES string of the molecule is COc1ccc(C2C3=C(CCCC3=O)NC3NNC(c4ccccc4)C32)cc1.